The average molecular weight is 353 g/mol. The first-order chi connectivity index (χ1) is 12.1. The number of hydrogen-bond acceptors (Lipinski definition) is 3. The van der Waals surface area contributed by atoms with E-state index in [0.29, 0.717) is 0 Å². The van der Waals surface area contributed by atoms with E-state index in [-0.39, 0.29) is 23.3 Å². The number of benzene rings is 2. The third-order valence-corrected chi connectivity index (χ3v) is 4.60. The molecular weight excluding hydrogens is 334 g/mol. The van der Waals surface area contributed by atoms with Crippen LogP contribution in [0.3, 0.4) is 0 Å². The summed E-state index contributed by atoms with van der Waals surface area (Å²) in [5.74, 6) is 0.217. The summed E-state index contributed by atoms with van der Waals surface area (Å²) in [6.45, 7) is 1.99. The van der Waals surface area contributed by atoms with Crippen molar-refractivity contribution in [2.75, 3.05) is 22.1 Å². The van der Waals surface area contributed by atoms with Crippen LogP contribution in [-0.4, -0.2) is 28.3 Å². The Kier molecular flexibility index (Phi) is 5.40. The third-order valence-electron chi connectivity index (χ3n) is 3.67. The van der Waals surface area contributed by atoms with Crippen LogP contribution < -0.4 is 10.6 Å². The predicted octanol–water partition coefficient (Wildman–Crippen LogP) is 3.79. The summed E-state index contributed by atoms with van der Waals surface area (Å²) in [7, 11) is 0. The molecule has 3 N–H and O–H groups in total. The number of hydrogen-bond donors (Lipinski definition) is 3. The second-order valence-electron chi connectivity index (χ2n) is 5.70. The minimum Gasteiger partial charge on any atom is -0.361 e. The fourth-order valence-corrected chi connectivity index (χ4v) is 3.07. The number of nitrogens with one attached hydrogen (secondary N) is 3. The lowest BCUT2D eigenvalue weighted by atomic mass is 10.2. The normalized spacial score (nSPS) is 10.6. The SMILES string of the molecule is Cc1ccc(NC(=O)CSCC(=O)Nc2cccc3[nH]ccc23)cc1. The number of carbonyl (C=O) groups excluding carboxylic acids is 2. The maximum Gasteiger partial charge on any atom is 0.234 e. The maximum absolute atomic E-state index is 12.1. The van der Waals surface area contributed by atoms with Crippen molar-refractivity contribution in [1.29, 1.82) is 0 Å². The topological polar surface area (TPSA) is 74.0 Å². The van der Waals surface area contributed by atoms with Crippen molar-refractivity contribution >= 4 is 45.9 Å². The summed E-state index contributed by atoms with van der Waals surface area (Å²) >= 11 is 1.29. The Bertz CT molecular complexity index is 887. The summed E-state index contributed by atoms with van der Waals surface area (Å²) in [6.07, 6.45) is 1.84. The number of aromatic nitrogens is 1. The molecule has 1 heterocycles. The molecule has 3 aromatic rings. The second-order valence-corrected chi connectivity index (χ2v) is 6.69. The molecule has 3 rings (SSSR count). The molecule has 0 atom stereocenters. The highest BCUT2D eigenvalue weighted by molar-refractivity contribution is 8.00. The van der Waals surface area contributed by atoms with Crippen LogP contribution >= 0.6 is 11.8 Å². The van der Waals surface area contributed by atoms with Gasteiger partial charge in [-0.15, -0.1) is 11.8 Å². The van der Waals surface area contributed by atoms with E-state index < -0.39 is 0 Å². The van der Waals surface area contributed by atoms with Gasteiger partial charge in [0.15, 0.2) is 0 Å². The molecule has 0 saturated heterocycles. The molecule has 0 saturated carbocycles. The Balaban J connectivity index is 1.45. The molecule has 2 aromatic carbocycles. The van der Waals surface area contributed by atoms with Crippen LogP contribution in [0.4, 0.5) is 11.4 Å². The zero-order valence-electron chi connectivity index (χ0n) is 13.8. The van der Waals surface area contributed by atoms with Crippen LogP contribution in [0.5, 0.6) is 0 Å². The van der Waals surface area contributed by atoms with Crippen LogP contribution in [-0.2, 0) is 9.59 Å². The number of thioether (sulfide) groups is 1. The molecule has 0 unspecified atom stereocenters. The fraction of sp³-hybridized carbons (Fsp3) is 0.158. The van der Waals surface area contributed by atoms with Crippen molar-refractivity contribution in [2.45, 2.75) is 6.92 Å². The zero-order chi connectivity index (χ0) is 17.6. The minimum atomic E-state index is -0.123. The van der Waals surface area contributed by atoms with Gasteiger partial charge in [-0.3, -0.25) is 9.59 Å². The third kappa shape index (κ3) is 4.64. The van der Waals surface area contributed by atoms with Crippen molar-refractivity contribution < 1.29 is 9.59 Å². The first kappa shape index (κ1) is 17.1. The van der Waals surface area contributed by atoms with E-state index in [2.05, 4.69) is 15.6 Å². The van der Waals surface area contributed by atoms with Crippen LogP contribution in [0.25, 0.3) is 10.9 Å². The molecule has 0 radical (unpaired) electrons. The first-order valence-corrected chi connectivity index (χ1v) is 9.07. The van der Waals surface area contributed by atoms with Crippen molar-refractivity contribution in [3.8, 4) is 0 Å². The molecule has 128 valence electrons. The van der Waals surface area contributed by atoms with Crippen LogP contribution in [0.1, 0.15) is 5.56 Å². The maximum atomic E-state index is 12.1. The van der Waals surface area contributed by atoms with E-state index >= 15 is 0 Å². The van der Waals surface area contributed by atoms with E-state index in [0.717, 1.165) is 27.8 Å². The molecule has 25 heavy (non-hydrogen) atoms. The number of rotatable bonds is 6. The summed E-state index contributed by atoms with van der Waals surface area (Å²) in [6, 6.07) is 15.2. The van der Waals surface area contributed by atoms with E-state index in [1.54, 1.807) is 0 Å². The standard InChI is InChI=1S/C19H19N3O2S/c1-13-5-7-14(8-6-13)21-18(23)11-25-12-19(24)22-17-4-2-3-16-15(17)9-10-20-16/h2-10,20H,11-12H2,1H3,(H,21,23)(H,22,24). The summed E-state index contributed by atoms with van der Waals surface area (Å²) < 4.78 is 0. The average Bonchev–Trinajstić information content (AvgIpc) is 3.07. The highest BCUT2D eigenvalue weighted by atomic mass is 32.2. The Morgan fingerprint density at radius 2 is 1.68 bits per heavy atom. The molecule has 0 aliphatic rings. The van der Waals surface area contributed by atoms with E-state index in [4.69, 9.17) is 0 Å². The predicted molar refractivity (Wildman–Crippen MR) is 104 cm³/mol. The Morgan fingerprint density at radius 1 is 0.960 bits per heavy atom. The number of aromatic amines is 1. The fourth-order valence-electron chi connectivity index (χ4n) is 2.45. The second kappa shape index (κ2) is 7.90. The molecule has 0 spiro atoms. The molecule has 0 aliphatic heterocycles. The van der Waals surface area contributed by atoms with Gasteiger partial charge in [0, 0.05) is 22.8 Å². The number of fused-ring (bicyclic) bond motifs is 1. The van der Waals surface area contributed by atoms with Crippen molar-refractivity contribution in [3.05, 3.63) is 60.3 Å². The monoisotopic (exact) mass is 353 g/mol. The smallest absolute Gasteiger partial charge is 0.234 e. The summed E-state index contributed by atoms with van der Waals surface area (Å²) in [5, 5.41) is 6.68. The number of anilines is 2. The Hall–Kier alpha value is -2.73. The van der Waals surface area contributed by atoms with Gasteiger partial charge in [-0.05, 0) is 37.3 Å². The largest absolute Gasteiger partial charge is 0.361 e. The van der Waals surface area contributed by atoms with E-state index in [1.165, 1.54) is 11.8 Å². The molecular formula is C19H19N3O2S. The van der Waals surface area contributed by atoms with Crippen molar-refractivity contribution in [2.24, 2.45) is 0 Å². The van der Waals surface area contributed by atoms with Gasteiger partial charge in [-0.2, -0.15) is 0 Å². The highest BCUT2D eigenvalue weighted by Crippen LogP contribution is 2.22. The van der Waals surface area contributed by atoms with Gasteiger partial charge in [0.1, 0.15) is 0 Å². The number of amides is 2. The lowest BCUT2D eigenvalue weighted by molar-refractivity contribution is -0.114. The molecule has 1 aromatic heterocycles. The van der Waals surface area contributed by atoms with Gasteiger partial charge in [-0.1, -0.05) is 23.8 Å². The van der Waals surface area contributed by atoms with Crippen LogP contribution in [0.15, 0.2) is 54.7 Å². The van der Waals surface area contributed by atoms with Gasteiger partial charge in [0.05, 0.1) is 17.2 Å². The number of aryl methyl sites for hydroxylation is 1. The van der Waals surface area contributed by atoms with Crippen LogP contribution in [0, 0.1) is 6.92 Å². The van der Waals surface area contributed by atoms with E-state index in [9.17, 15) is 9.59 Å². The molecule has 6 heteroatoms. The Morgan fingerprint density at radius 3 is 2.44 bits per heavy atom. The minimum absolute atomic E-state index is 0.116. The first-order valence-electron chi connectivity index (χ1n) is 7.92. The number of carbonyl (C=O) groups is 2. The molecule has 0 fully saturated rings. The van der Waals surface area contributed by atoms with Gasteiger partial charge in [0.2, 0.25) is 11.8 Å². The molecule has 2 amide bonds. The van der Waals surface area contributed by atoms with Gasteiger partial charge in [-0.25, -0.2) is 0 Å². The lowest BCUT2D eigenvalue weighted by Crippen LogP contribution is -2.18. The highest BCUT2D eigenvalue weighted by Gasteiger charge is 2.08. The lowest BCUT2D eigenvalue weighted by Gasteiger charge is -2.07. The molecule has 5 nitrogen and oxygen atoms in total. The summed E-state index contributed by atoms with van der Waals surface area (Å²) in [5.41, 5.74) is 3.65. The zero-order valence-corrected chi connectivity index (χ0v) is 14.7. The van der Waals surface area contributed by atoms with Crippen LogP contribution in [0.2, 0.25) is 0 Å². The molecule has 0 aliphatic carbocycles. The van der Waals surface area contributed by atoms with Crippen molar-refractivity contribution in [1.82, 2.24) is 4.98 Å². The molecule has 0 bridgehead atoms. The number of H-pyrrole nitrogens is 1. The quantitative estimate of drug-likeness (QED) is 0.631. The van der Waals surface area contributed by atoms with Gasteiger partial charge >= 0.3 is 0 Å². The van der Waals surface area contributed by atoms with Crippen molar-refractivity contribution in [3.63, 3.8) is 0 Å². The Labute approximate surface area is 150 Å². The van der Waals surface area contributed by atoms with Gasteiger partial charge < -0.3 is 15.6 Å². The summed E-state index contributed by atoms with van der Waals surface area (Å²) in [4.78, 5) is 27.1. The van der Waals surface area contributed by atoms with E-state index in [1.807, 2.05) is 61.7 Å². The van der Waals surface area contributed by atoms with Gasteiger partial charge in [0.25, 0.3) is 0 Å².